The number of nitrogens with one attached hydrogen (secondary N) is 1. The van der Waals surface area contributed by atoms with Crippen molar-refractivity contribution in [3.8, 4) is 0 Å². The molecule has 2 N–H and O–H groups in total. The smallest absolute Gasteiger partial charge is 0.0897 e. The molecular formula is C16H34N2O2. The summed E-state index contributed by atoms with van der Waals surface area (Å²) in [4.78, 5) is 2.39. The van der Waals surface area contributed by atoms with E-state index in [1.165, 1.54) is 32.4 Å². The van der Waals surface area contributed by atoms with Crippen LogP contribution < -0.4 is 5.32 Å². The van der Waals surface area contributed by atoms with Gasteiger partial charge in [0.2, 0.25) is 0 Å². The van der Waals surface area contributed by atoms with Gasteiger partial charge in [0.05, 0.1) is 12.7 Å². The fourth-order valence-electron chi connectivity index (χ4n) is 2.59. The van der Waals surface area contributed by atoms with Crippen LogP contribution in [-0.2, 0) is 4.74 Å². The minimum absolute atomic E-state index is 0.375. The van der Waals surface area contributed by atoms with Gasteiger partial charge in [-0.05, 0) is 64.2 Å². The van der Waals surface area contributed by atoms with E-state index in [4.69, 9.17) is 4.74 Å². The van der Waals surface area contributed by atoms with Crippen LogP contribution >= 0.6 is 0 Å². The number of aliphatic hydroxyl groups excluding tert-OH is 1. The lowest BCUT2D eigenvalue weighted by Gasteiger charge is -2.29. The fourth-order valence-corrected chi connectivity index (χ4v) is 2.59. The van der Waals surface area contributed by atoms with Crippen molar-refractivity contribution in [2.24, 2.45) is 11.8 Å². The lowest BCUT2D eigenvalue weighted by Crippen LogP contribution is -2.38. The van der Waals surface area contributed by atoms with Gasteiger partial charge < -0.3 is 20.1 Å². The molecule has 0 radical (unpaired) electrons. The second-order valence-electron chi connectivity index (χ2n) is 6.67. The van der Waals surface area contributed by atoms with Crippen LogP contribution in [0.5, 0.6) is 0 Å². The lowest BCUT2D eigenvalue weighted by molar-refractivity contribution is 0.0340. The number of nitrogens with zero attached hydrogens (tertiary/aromatic N) is 1. The average Bonchev–Trinajstić information content (AvgIpc) is 2.40. The van der Waals surface area contributed by atoms with Crippen molar-refractivity contribution in [3.05, 3.63) is 0 Å². The first kappa shape index (κ1) is 17.9. The van der Waals surface area contributed by atoms with Crippen LogP contribution in [0.2, 0.25) is 0 Å². The monoisotopic (exact) mass is 286 g/mol. The standard InChI is InChI=1S/C16H34N2O2/c1-14(2)5-4-10-20-13-16(19)12-17-11-15-6-8-18(3)9-7-15/h14-17,19H,4-13H2,1-3H3. The number of aliphatic hydroxyl groups is 1. The quantitative estimate of drug-likeness (QED) is 0.600. The van der Waals surface area contributed by atoms with E-state index in [1.54, 1.807) is 0 Å². The van der Waals surface area contributed by atoms with Gasteiger partial charge in [0, 0.05) is 13.2 Å². The molecule has 4 nitrogen and oxygen atoms in total. The Hall–Kier alpha value is -0.160. The zero-order valence-corrected chi connectivity index (χ0v) is 13.6. The molecule has 4 heteroatoms. The molecule has 0 bridgehead atoms. The predicted octanol–water partition coefficient (Wildman–Crippen LogP) is 1.73. The Balaban J connectivity index is 1.91. The molecule has 1 fully saturated rings. The van der Waals surface area contributed by atoms with E-state index in [0.29, 0.717) is 13.2 Å². The Morgan fingerprint density at radius 2 is 2.00 bits per heavy atom. The molecule has 20 heavy (non-hydrogen) atoms. The first-order valence-corrected chi connectivity index (χ1v) is 8.23. The number of ether oxygens (including phenoxy) is 1. The summed E-state index contributed by atoms with van der Waals surface area (Å²) in [6.07, 6.45) is 4.45. The van der Waals surface area contributed by atoms with Gasteiger partial charge in [-0.2, -0.15) is 0 Å². The first-order valence-electron chi connectivity index (χ1n) is 8.23. The Kier molecular flexibility index (Phi) is 9.44. The van der Waals surface area contributed by atoms with Gasteiger partial charge in [-0.15, -0.1) is 0 Å². The second kappa shape index (κ2) is 10.6. The molecule has 1 aliphatic heterocycles. The summed E-state index contributed by atoms with van der Waals surface area (Å²) < 4.78 is 5.51. The van der Waals surface area contributed by atoms with Crippen molar-refractivity contribution in [3.63, 3.8) is 0 Å². The summed E-state index contributed by atoms with van der Waals surface area (Å²) in [7, 11) is 2.18. The average molecular weight is 286 g/mol. The fraction of sp³-hybridized carbons (Fsp3) is 1.00. The van der Waals surface area contributed by atoms with E-state index in [2.05, 4.69) is 31.1 Å². The predicted molar refractivity (Wildman–Crippen MR) is 84.0 cm³/mol. The summed E-state index contributed by atoms with van der Waals surface area (Å²) in [5.41, 5.74) is 0. The van der Waals surface area contributed by atoms with Gasteiger partial charge in [0.25, 0.3) is 0 Å². The molecule has 0 aromatic carbocycles. The molecule has 1 rings (SSSR count). The van der Waals surface area contributed by atoms with Crippen LogP contribution in [0.4, 0.5) is 0 Å². The summed E-state index contributed by atoms with van der Waals surface area (Å²) in [6, 6.07) is 0. The SMILES string of the molecule is CC(C)CCCOCC(O)CNCC1CCN(C)CC1. The molecular weight excluding hydrogens is 252 g/mol. The van der Waals surface area contributed by atoms with Gasteiger partial charge in [-0.1, -0.05) is 13.8 Å². The number of rotatable bonds is 10. The molecule has 120 valence electrons. The summed E-state index contributed by atoms with van der Waals surface area (Å²) in [6.45, 7) is 9.75. The van der Waals surface area contributed by atoms with E-state index in [-0.39, 0.29) is 6.10 Å². The second-order valence-corrected chi connectivity index (χ2v) is 6.67. The van der Waals surface area contributed by atoms with Gasteiger partial charge in [0.1, 0.15) is 0 Å². The maximum atomic E-state index is 9.83. The van der Waals surface area contributed by atoms with Crippen LogP contribution in [0.15, 0.2) is 0 Å². The van der Waals surface area contributed by atoms with Crippen molar-refractivity contribution in [2.75, 3.05) is 46.4 Å². The highest BCUT2D eigenvalue weighted by atomic mass is 16.5. The van der Waals surface area contributed by atoms with E-state index in [1.807, 2.05) is 0 Å². The largest absolute Gasteiger partial charge is 0.389 e. The molecule has 1 atom stereocenters. The maximum absolute atomic E-state index is 9.83. The molecule has 0 saturated carbocycles. The normalized spacial score (nSPS) is 19.6. The number of hydrogen-bond acceptors (Lipinski definition) is 4. The molecule has 0 aliphatic carbocycles. The van der Waals surface area contributed by atoms with E-state index < -0.39 is 0 Å². The highest BCUT2D eigenvalue weighted by Gasteiger charge is 2.16. The molecule has 0 aromatic rings. The van der Waals surface area contributed by atoms with Crippen LogP contribution in [0.25, 0.3) is 0 Å². The van der Waals surface area contributed by atoms with Crippen molar-refractivity contribution in [1.82, 2.24) is 10.2 Å². The van der Waals surface area contributed by atoms with Crippen LogP contribution in [-0.4, -0.2) is 62.6 Å². The van der Waals surface area contributed by atoms with Crippen molar-refractivity contribution in [1.29, 1.82) is 0 Å². The van der Waals surface area contributed by atoms with E-state index in [0.717, 1.165) is 31.4 Å². The van der Waals surface area contributed by atoms with E-state index >= 15 is 0 Å². The number of hydrogen-bond donors (Lipinski definition) is 2. The molecule has 1 unspecified atom stereocenters. The minimum atomic E-state index is -0.375. The zero-order valence-electron chi connectivity index (χ0n) is 13.6. The third-order valence-electron chi connectivity index (χ3n) is 4.03. The summed E-state index contributed by atoms with van der Waals surface area (Å²) in [5.74, 6) is 1.50. The third kappa shape index (κ3) is 8.90. The molecule has 1 aliphatic rings. The highest BCUT2D eigenvalue weighted by Crippen LogP contribution is 2.14. The van der Waals surface area contributed by atoms with Gasteiger partial charge in [0.15, 0.2) is 0 Å². The number of likely N-dealkylation sites (tertiary alicyclic amines) is 1. The Labute approximate surface area is 124 Å². The van der Waals surface area contributed by atoms with Crippen LogP contribution in [0.1, 0.15) is 39.5 Å². The van der Waals surface area contributed by atoms with Crippen LogP contribution in [0, 0.1) is 11.8 Å². The van der Waals surface area contributed by atoms with Gasteiger partial charge >= 0.3 is 0 Å². The third-order valence-corrected chi connectivity index (χ3v) is 4.03. The molecule has 0 aromatic heterocycles. The molecule has 0 amide bonds. The van der Waals surface area contributed by atoms with Crippen molar-refractivity contribution < 1.29 is 9.84 Å². The zero-order chi connectivity index (χ0) is 14.8. The minimum Gasteiger partial charge on any atom is -0.389 e. The number of piperidine rings is 1. The van der Waals surface area contributed by atoms with E-state index in [9.17, 15) is 5.11 Å². The maximum Gasteiger partial charge on any atom is 0.0897 e. The Bertz CT molecular complexity index is 229. The van der Waals surface area contributed by atoms with Crippen molar-refractivity contribution >= 4 is 0 Å². The summed E-state index contributed by atoms with van der Waals surface area (Å²) in [5, 5.41) is 13.2. The van der Waals surface area contributed by atoms with Crippen molar-refractivity contribution in [2.45, 2.75) is 45.6 Å². The van der Waals surface area contributed by atoms with Gasteiger partial charge in [-0.3, -0.25) is 0 Å². The summed E-state index contributed by atoms with van der Waals surface area (Å²) >= 11 is 0. The molecule has 1 heterocycles. The highest BCUT2D eigenvalue weighted by molar-refractivity contribution is 4.72. The lowest BCUT2D eigenvalue weighted by atomic mass is 9.97. The Morgan fingerprint density at radius 3 is 2.65 bits per heavy atom. The van der Waals surface area contributed by atoms with Gasteiger partial charge in [-0.25, -0.2) is 0 Å². The molecule has 0 spiro atoms. The topological polar surface area (TPSA) is 44.7 Å². The Morgan fingerprint density at radius 1 is 1.30 bits per heavy atom. The molecule has 1 saturated heterocycles. The van der Waals surface area contributed by atoms with Crippen LogP contribution in [0.3, 0.4) is 0 Å². The first-order chi connectivity index (χ1) is 9.58.